The topological polar surface area (TPSA) is 67.4 Å². The van der Waals surface area contributed by atoms with Crippen LogP contribution in [0.4, 0.5) is 4.79 Å². The Hall–Kier alpha value is -2.01. The fourth-order valence-corrected chi connectivity index (χ4v) is 3.73. The number of nitrogens with one attached hydrogen (secondary N) is 2. The monoisotopic (exact) mass is 362 g/mol. The molecule has 2 N–H and O–H groups in total. The summed E-state index contributed by atoms with van der Waals surface area (Å²) in [4.78, 5) is 24.8. The van der Waals surface area contributed by atoms with Gasteiger partial charge in [-0.3, -0.25) is 0 Å². The van der Waals surface area contributed by atoms with Crippen molar-refractivity contribution in [2.45, 2.75) is 57.6 Å². The number of allylic oxidation sites excluding steroid dienone is 1. The van der Waals surface area contributed by atoms with Crippen LogP contribution in [0.2, 0.25) is 5.02 Å². The molecule has 0 radical (unpaired) electrons. The van der Waals surface area contributed by atoms with Gasteiger partial charge in [0.2, 0.25) is 0 Å². The number of hydrogen-bond acceptors (Lipinski definition) is 3. The smallest absolute Gasteiger partial charge is 0.338 e. The molecule has 0 bridgehead atoms. The van der Waals surface area contributed by atoms with Crippen molar-refractivity contribution in [2.24, 2.45) is 0 Å². The minimum atomic E-state index is -0.610. The Bertz CT molecular complexity index is 694. The first-order valence-corrected chi connectivity index (χ1v) is 9.17. The fraction of sp³-hybridized carbons (Fsp3) is 0.474. The SMILES string of the molecule is CC1=C(C(=O)OC2CCCCCC2)C(c2ccccc2Cl)NC(=O)N1. The van der Waals surface area contributed by atoms with Gasteiger partial charge in [-0.25, -0.2) is 9.59 Å². The highest BCUT2D eigenvalue weighted by molar-refractivity contribution is 6.31. The third-order valence-electron chi connectivity index (χ3n) is 4.78. The Morgan fingerprint density at radius 1 is 1.16 bits per heavy atom. The summed E-state index contributed by atoms with van der Waals surface area (Å²) in [6.07, 6.45) is 6.28. The number of carbonyl (C=O) groups is 2. The fourth-order valence-electron chi connectivity index (χ4n) is 3.48. The Kier molecular flexibility index (Phi) is 5.63. The molecule has 1 saturated carbocycles. The molecule has 1 fully saturated rings. The van der Waals surface area contributed by atoms with Crippen molar-refractivity contribution in [1.29, 1.82) is 0 Å². The van der Waals surface area contributed by atoms with Crippen LogP contribution in [0.15, 0.2) is 35.5 Å². The molecule has 0 aromatic heterocycles. The lowest BCUT2D eigenvalue weighted by Gasteiger charge is -2.29. The molecule has 1 aromatic carbocycles. The maximum atomic E-state index is 12.9. The predicted octanol–water partition coefficient (Wildman–Crippen LogP) is 4.23. The van der Waals surface area contributed by atoms with Crippen molar-refractivity contribution in [2.75, 3.05) is 0 Å². The average molecular weight is 363 g/mol. The summed E-state index contributed by atoms with van der Waals surface area (Å²) in [5, 5.41) is 5.96. The summed E-state index contributed by atoms with van der Waals surface area (Å²) in [6, 6.07) is 6.24. The molecule has 2 amide bonds. The lowest BCUT2D eigenvalue weighted by molar-refractivity contribution is -0.145. The first-order chi connectivity index (χ1) is 12.1. The summed E-state index contributed by atoms with van der Waals surface area (Å²) >= 11 is 6.29. The van der Waals surface area contributed by atoms with Gasteiger partial charge in [0.15, 0.2) is 0 Å². The highest BCUT2D eigenvalue weighted by Gasteiger charge is 2.34. The van der Waals surface area contributed by atoms with E-state index in [1.807, 2.05) is 18.2 Å². The summed E-state index contributed by atoms with van der Waals surface area (Å²) in [5.74, 6) is -0.387. The number of amides is 2. The standard InChI is InChI=1S/C19H23ClN2O3/c1-12-16(18(23)25-13-8-4-2-3-5-9-13)17(22-19(24)21-12)14-10-6-7-11-15(14)20/h6-7,10-11,13,17H,2-5,8-9H2,1H3,(H2,21,22,24). The highest BCUT2D eigenvalue weighted by atomic mass is 35.5. The summed E-state index contributed by atoms with van der Waals surface area (Å²) in [7, 11) is 0. The zero-order valence-electron chi connectivity index (χ0n) is 14.3. The van der Waals surface area contributed by atoms with Crippen molar-refractivity contribution in [3.05, 3.63) is 46.1 Å². The number of hydrogen-bond donors (Lipinski definition) is 2. The Balaban J connectivity index is 1.87. The maximum absolute atomic E-state index is 12.9. The van der Waals surface area contributed by atoms with Gasteiger partial charge < -0.3 is 15.4 Å². The first kappa shape index (κ1) is 17.8. The van der Waals surface area contributed by atoms with E-state index in [0.717, 1.165) is 25.7 Å². The van der Waals surface area contributed by atoms with Crippen molar-refractivity contribution in [1.82, 2.24) is 10.6 Å². The normalized spacial score (nSPS) is 22.0. The van der Waals surface area contributed by atoms with E-state index < -0.39 is 6.04 Å². The Morgan fingerprint density at radius 2 is 1.84 bits per heavy atom. The molecule has 1 unspecified atom stereocenters. The van der Waals surface area contributed by atoms with Gasteiger partial charge in [-0.1, -0.05) is 42.6 Å². The molecule has 1 heterocycles. The van der Waals surface area contributed by atoms with E-state index in [1.165, 1.54) is 12.8 Å². The number of halogens is 1. The number of ether oxygens (including phenoxy) is 1. The molecule has 1 aliphatic heterocycles. The van der Waals surface area contributed by atoms with Crippen LogP contribution in [0.1, 0.15) is 57.1 Å². The third kappa shape index (κ3) is 4.15. The quantitative estimate of drug-likeness (QED) is 0.624. The molecule has 5 nitrogen and oxygen atoms in total. The van der Waals surface area contributed by atoms with Crippen LogP contribution in [0.5, 0.6) is 0 Å². The van der Waals surface area contributed by atoms with E-state index in [0.29, 0.717) is 21.9 Å². The minimum absolute atomic E-state index is 0.0557. The van der Waals surface area contributed by atoms with Crippen molar-refractivity contribution in [3.63, 3.8) is 0 Å². The Labute approximate surface area is 152 Å². The van der Waals surface area contributed by atoms with Crippen LogP contribution in [-0.2, 0) is 9.53 Å². The molecule has 0 spiro atoms. The van der Waals surface area contributed by atoms with Crippen molar-refractivity contribution < 1.29 is 14.3 Å². The van der Waals surface area contributed by atoms with Gasteiger partial charge in [0.1, 0.15) is 6.10 Å². The summed E-state index contributed by atoms with van der Waals surface area (Å²) in [5.41, 5.74) is 1.61. The van der Waals surface area contributed by atoms with Gasteiger partial charge in [0, 0.05) is 10.7 Å². The van der Waals surface area contributed by atoms with Crippen molar-refractivity contribution >= 4 is 23.6 Å². The molecule has 1 aromatic rings. The average Bonchev–Trinajstić information content (AvgIpc) is 2.83. The zero-order chi connectivity index (χ0) is 17.8. The molecular weight excluding hydrogens is 340 g/mol. The van der Waals surface area contributed by atoms with Crippen LogP contribution < -0.4 is 10.6 Å². The molecular formula is C19H23ClN2O3. The second-order valence-electron chi connectivity index (χ2n) is 6.61. The largest absolute Gasteiger partial charge is 0.459 e. The molecule has 2 aliphatic rings. The van der Waals surface area contributed by atoms with Crippen molar-refractivity contribution in [3.8, 4) is 0 Å². The molecule has 1 aliphatic carbocycles. The van der Waals surface area contributed by atoms with Gasteiger partial charge in [0.25, 0.3) is 0 Å². The second kappa shape index (κ2) is 7.91. The molecule has 134 valence electrons. The van der Waals surface area contributed by atoms with Gasteiger partial charge in [0.05, 0.1) is 11.6 Å². The second-order valence-corrected chi connectivity index (χ2v) is 7.02. The highest BCUT2D eigenvalue weighted by Crippen LogP contribution is 2.33. The van der Waals surface area contributed by atoms with E-state index in [-0.39, 0.29) is 18.1 Å². The van der Waals surface area contributed by atoms with Gasteiger partial charge in [-0.15, -0.1) is 0 Å². The summed E-state index contributed by atoms with van der Waals surface area (Å²) in [6.45, 7) is 1.71. The molecule has 25 heavy (non-hydrogen) atoms. The minimum Gasteiger partial charge on any atom is -0.459 e. The van der Waals surface area contributed by atoms with Crippen LogP contribution in [0.25, 0.3) is 0 Å². The van der Waals surface area contributed by atoms with Gasteiger partial charge >= 0.3 is 12.0 Å². The van der Waals surface area contributed by atoms with Crippen LogP contribution >= 0.6 is 11.6 Å². The zero-order valence-corrected chi connectivity index (χ0v) is 15.1. The van der Waals surface area contributed by atoms with Crippen LogP contribution in [0, 0.1) is 0 Å². The van der Waals surface area contributed by atoms with Crippen LogP contribution in [-0.4, -0.2) is 18.1 Å². The molecule has 1 atom stereocenters. The van der Waals surface area contributed by atoms with E-state index in [2.05, 4.69) is 10.6 Å². The number of rotatable bonds is 3. The molecule has 3 rings (SSSR count). The number of esters is 1. The van der Waals surface area contributed by atoms with E-state index in [1.54, 1.807) is 13.0 Å². The number of urea groups is 1. The summed E-state index contributed by atoms with van der Waals surface area (Å²) < 4.78 is 5.78. The van der Waals surface area contributed by atoms with E-state index in [9.17, 15) is 9.59 Å². The van der Waals surface area contributed by atoms with Gasteiger partial charge in [-0.05, 0) is 44.2 Å². The maximum Gasteiger partial charge on any atom is 0.338 e. The molecule has 6 heteroatoms. The van der Waals surface area contributed by atoms with Gasteiger partial charge in [-0.2, -0.15) is 0 Å². The van der Waals surface area contributed by atoms with E-state index in [4.69, 9.17) is 16.3 Å². The molecule has 0 saturated heterocycles. The third-order valence-corrected chi connectivity index (χ3v) is 5.13. The number of benzene rings is 1. The lowest BCUT2D eigenvalue weighted by Crippen LogP contribution is -2.45. The first-order valence-electron chi connectivity index (χ1n) is 8.80. The lowest BCUT2D eigenvalue weighted by atomic mass is 9.95. The number of carbonyl (C=O) groups excluding carboxylic acids is 2. The Morgan fingerprint density at radius 3 is 2.52 bits per heavy atom. The van der Waals surface area contributed by atoms with Crippen LogP contribution in [0.3, 0.4) is 0 Å². The predicted molar refractivity (Wildman–Crippen MR) is 96.1 cm³/mol. The van der Waals surface area contributed by atoms with E-state index >= 15 is 0 Å².